The molecule has 0 bridgehead atoms. The van der Waals surface area contributed by atoms with Gasteiger partial charge in [0.15, 0.2) is 0 Å². The Hall–Kier alpha value is -3.85. The molecule has 0 aliphatic carbocycles. The topological polar surface area (TPSA) is 105 Å². The van der Waals surface area contributed by atoms with Crippen LogP contribution in [0.15, 0.2) is 47.3 Å². The zero-order valence-electron chi connectivity index (χ0n) is 19.9. The number of pyridine rings is 1. The lowest BCUT2D eigenvalue weighted by molar-refractivity contribution is 0.0998. The first-order valence-corrected chi connectivity index (χ1v) is 11.4. The summed E-state index contributed by atoms with van der Waals surface area (Å²) in [6.45, 7) is 4.89. The molecule has 0 spiro atoms. The van der Waals surface area contributed by atoms with E-state index < -0.39 is 17.3 Å². The molecule has 2 aromatic carbocycles. The maximum absolute atomic E-state index is 14.7. The second-order valence-electron chi connectivity index (χ2n) is 8.37. The van der Waals surface area contributed by atoms with E-state index in [1.54, 1.807) is 24.3 Å². The fraction of sp³-hybridized carbons (Fsp3) is 0.308. The van der Waals surface area contributed by atoms with Gasteiger partial charge in [0, 0.05) is 25.1 Å². The van der Waals surface area contributed by atoms with Crippen LogP contribution >= 0.6 is 0 Å². The summed E-state index contributed by atoms with van der Waals surface area (Å²) in [7, 11) is 1.46. The third-order valence-corrected chi connectivity index (χ3v) is 5.98. The van der Waals surface area contributed by atoms with Crippen molar-refractivity contribution in [1.82, 2.24) is 4.57 Å². The first-order valence-electron chi connectivity index (χ1n) is 11.4. The third-order valence-electron chi connectivity index (χ3n) is 5.98. The van der Waals surface area contributed by atoms with E-state index in [9.17, 15) is 14.0 Å². The minimum absolute atomic E-state index is 0.0244. The van der Waals surface area contributed by atoms with Crippen molar-refractivity contribution in [3.63, 3.8) is 0 Å². The van der Waals surface area contributed by atoms with Crippen molar-refractivity contribution in [2.24, 2.45) is 12.8 Å². The number of halogens is 1. The monoisotopic (exact) mass is 481 g/mol. The molecule has 1 aliphatic heterocycles. The van der Waals surface area contributed by atoms with Gasteiger partial charge in [-0.25, -0.2) is 4.39 Å². The number of nitrogens with two attached hydrogens (primary N) is 1. The molecule has 0 saturated carbocycles. The van der Waals surface area contributed by atoms with E-state index in [-0.39, 0.29) is 28.9 Å². The van der Waals surface area contributed by atoms with Crippen molar-refractivity contribution in [2.75, 3.05) is 18.5 Å². The molecule has 8 nitrogen and oxygen atoms in total. The SMILES string of the molecule is CCc1ccc(Nc2c(C(N)=O)c(Oc3cccc(O[C@@H]4CCOC4)c3C)cc(=O)n2C)c(F)c1. The molecule has 0 unspecified atom stereocenters. The number of anilines is 2. The van der Waals surface area contributed by atoms with Crippen molar-refractivity contribution >= 4 is 17.4 Å². The molecule has 0 radical (unpaired) electrons. The summed E-state index contributed by atoms with van der Waals surface area (Å²) in [4.78, 5) is 25.3. The number of aromatic nitrogens is 1. The van der Waals surface area contributed by atoms with Crippen LogP contribution in [0.2, 0.25) is 0 Å². The van der Waals surface area contributed by atoms with E-state index in [0.717, 1.165) is 12.0 Å². The number of benzene rings is 2. The molecular formula is C26H28FN3O5. The predicted octanol–water partition coefficient (Wildman–Crippen LogP) is 4.20. The number of amides is 1. The lowest BCUT2D eigenvalue weighted by atomic mass is 10.1. The Morgan fingerprint density at radius 1 is 1.23 bits per heavy atom. The molecule has 1 amide bonds. The second kappa shape index (κ2) is 10.2. The molecule has 3 aromatic rings. The lowest BCUT2D eigenvalue weighted by Gasteiger charge is -2.20. The highest BCUT2D eigenvalue weighted by Crippen LogP contribution is 2.35. The van der Waals surface area contributed by atoms with E-state index >= 15 is 0 Å². The number of aryl methyl sites for hydroxylation is 1. The molecule has 1 saturated heterocycles. The fourth-order valence-corrected chi connectivity index (χ4v) is 3.88. The average Bonchev–Trinajstić information content (AvgIpc) is 3.33. The van der Waals surface area contributed by atoms with Crippen LogP contribution in [-0.4, -0.2) is 29.8 Å². The lowest BCUT2D eigenvalue weighted by Crippen LogP contribution is -2.25. The molecule has 1 fully saturated rings. The second-order valence-corrected chi connectivity index (χ2v) is 8.37. The Labute approximate surface area is 202 Å². The number of ether oxygens (including phenoxy) is 3. The molecule has 1 aromatic heterocycles. The van der Waals surface area contributed by atoms with E-state index in [1.165, 1.54) is 23.7 Å². The Morgan fingerprint density at radius 2 is 2.00 bits per heavy atom. The van der Waals surface area contributed by atoms with Crippen molar-refractivity contribution in [3.8, 4) is 17.2 Å². The maximum Gasteiger partial charge on any atom is 0.256 e. The maximum atomic E-state index is 14.7. The third kappa shape index (κ3) is 5.14. The van der Waals surface area contributed by atoms with Gasteiger partial charge in [0.2, 0.25) is 0 Å². The zero-order valence-corrected chi connectivity index (χ0v) is 19.9. The van der Waals surface area contributed by atoms with Gasteiger partial charge in [-0.15, -0.1) is 0 Å². The number of carbonyl (C=O) groups excluding carboxylic acids is 1. The normalized spacial score (nSPS) is 15.1. The van der Waals surface area contributed by atoms with Crippen molar-refractivity contribution in [2.45, 2.75) is 32.8 Å². The molecule has 1 aliphatic rings. The summed E-state index contributed by atoms with van der Waals surface area (Å²) in [5.74, 6) is -0.373. The number of hydrogen-bond donors (Lipinski definition) is 2. The number of rotatable bonds is 8. The smallest absolute Gasteiger partial charge is 0.256 e. The Balaban J connectivity index is 1.73. The predicted molar refractivity (Wildman–Crippen MR) is 130 cm³/mol. The molecule has 184 valence electrons. The standard InChI is InChI=1S/C26H28FN3O5/c1-4-16-8-9-19(18(27)12-16)29-26-24(25(28)32)22(13-23(31)30(26)3)35-21-7-5-6-20(15(21)2)34-17-10-11-33-14-17/h5-9,12-13,17,29H,4,10-11,14H2,1-3H3,(H2,28,32)/t17-/m1/s1. The number of hydrogen-bond acceptors (Lipinski definition) is 6. The van der Waals surface area contributed by atoms with Gasteiger partial charge in [0.05, 0.1) is 18.9 Å². The van der Waals surface area contributed by atoms with Gasteiger partial charge in [-0.2, -0.15) is 0 Å². The summed E-state index contributed by atoms with van der Waals surface area (Å²) in [5, 5.41) is 2.85. The van der Waals surface area contributed by atoms with Crippen LogP contribution in [0.4, 0.5) is 15.9 Å². The first kappa shape index (κ1) is 24.3. The minimum Gasteiger partial charge on any atom is -0.488 e. The van der Waals surface area contributed by atoms with Crippen LogP contribution in [0, 0.1) is 12.7 Å². The highest BCUT2D eigenvalue weighted by Gasteiger charge is 2.23. The summed E-state index contributed by atoms with van der Waals surface area (Å²) in [6.07, 6.45) is 1.40. The largest absolute Gasteiger partial charge is 0.488 e. The molecule has 9 heteroatoms. The average molecular weight is 482 g/mol. The summed E-state index contributed by atoms with van der Waals surface area (Å²) in [6, 6.07) is 11.2. The number of nitrogens with zero attached hydrogens (tertiary/aromatic N) is 1. The van der Waals surface area contributed by atoms with Gasteiger partial charge in [-0.3, -0.25) is 14.2 Å². The van der Waals surface area contributed by atoms with Crippen LogP contribution < -0.4 is 26.1 Å². The van der Waals surface area contributed by atoms with Crippen LogP contribution in [0.5, 0.6) is 17.2 Å². The van der Waals surface area contributed by atoms with Gasteiger partial charge < -0.3 is 25.3 Å². The van der Waals surface area contributed by atoms with E-state index in [0.29, 0.717) is 36.7 Å². The molecule has 35 heavy (non-hydrogen) atoms. The summed E-state index contributed by atoms with van der Waals surface area (Å²) >= 11 is 0. The highest BCUT2D eigenvalue weighted by molar-refractivity contribution is 6.01. The first-order chi connectivity index (χ1) is 16.8. The number of nitrogens with one attached hydrogen (secondary N) is 1. The summed E-state index contributed by atoms with van der Waals surface area (Å²) < 4.78 is 33.3. The van der Waals surface area contributed by atoms with Crippen LogP contribution in [0.25, 0.3) is 0 Å². The quantitative estimate of drug-likeness (QED) is 0.500. The molecule has 2 heterocycles. The van der Waals surface area contributed by atoms with E-state index in [2.05, 4.69) is 5.32 Å². The molecule has 4 rings (SSSR count). The molecular weight excluding hydrogens is 453 g/mol. The highest BCUT2D eigenvalue weighted by atomic mass is 19.1. The van der Waals surface area contributed by atoms with E-state index in [1.807, 2.05) is 19.9 Å². The number of carbonyl (C=O) groups is 1. The minimum atomic E-state index is -0.836. The Kier molecular flexibility index (Phi) is 7.07. The Bertz CT molecular complexity index is 1320. The van der Waals surface area contributed by atoms with Gasteiger partial charge in [-0.05, 0) is 43.2 Å². The van der Waals surface area contributed by atoms with Crippen LogP contribution in [0.3, 0.4) is 0 Å². The van der Waals surface area contributed by atoms with Gasteiger partial charge in [0.1, 0.15) is 40.6 Å². The van der Waals surface area contributed by atoms with Crippen molar-refractivity contribution in [3.05, 3.63) is 75.3 Å². The zero-order chi connectivity index (χ0) is 25.1. The van der Waals surface area contributed by atoms with Crippen molar-refractivity contribution in [1.29, 1.82) is 0 Å². The van der Waals surface area contributed by atoms with Crippen molar-refractivity contribution < 1.29 is 23.4 Å². The summed E-state index contributed by atoms with van der Waals surface area (Å²) in [5.41, 5.74) is 6.75. The molecule has 1 atom stereocenters. The van der Waals surface area contributed by atoms with Gasteiger partial charge in [0.25, 0.3) is 11.5 Å². The van der Waals surface area contributed by atoms with Crippen LogP contribution in [-0.2, 0) is 18.2 Å². The van der Waals surface area contributed by atoms with Gasteiger partial charge >= 0.3 is 0 Å². The molecule has 3 N–H and O–H groups in total. The van der Waals surface area contributed by atoms with Crippen LogP contribution in [0.1, 0.15) is 34.8 Å². The van der Waals surface area contributed by atoms with Gasteiger partial charge in [-0.1, -0.05) is 19.1 Å². The fourth-order valence-electron chi connectivity index (χ4n) is 3.88. The number of primary amides is 1. The Morgan fingerprint density at radius 3 is 2.66 bits per heavy atom. The van der Waals surface area contributed by atoms with E-state index in [4.69, 9.17) is 19.9 Å².